The van der Waals surface area contributed by atoms with Crippen molar-refractivity contribution in [1.82, 2.24) is 0 Å². The molecule has 1 atom stereocenters. The lowest BCUT2D eigenvalue weighted by Crippen LogP contribution is -3.16. The summed E-state index contributed by atoms with van der Waals surface area (Å²) in [6, 6.07) is 14.0. The lowest BCUT2D eigenvalue weighted by atomic mass is 10.2. The Morgan fingerprint density at radius 3 is 2.27 bits per heavy atom. The topological polar surface area (TPSA) is 46.4 Å². The number of nitrogens with zero attached hydrogens (tertiary/aromatic N) is 1. The van der Waals surface area contributed by atoms with Crippen LogP contribution in [0.5, 0.6) is 11.5 Å². The number of hydrogen-bond donors (Lipinski definition) is 2. The lowest BCUT2D eigenvalue weighted by Gasteiger charge is -2.34. The smallest absolute Gasteiger partial charge is 0.137 e. The third-order valence-corrected chi connectivity index (χ3v) is 4.69. The van der Waals surface area contributed by atoms with Gasteiger partial charge in [0.1, 0.15) is 36.6 Å². The van der Waals surface area contributed by atoms with Crippen LogP contribution >= 0.6 is 0 Å². The normalized spacial score (nSPS) is 16.3. The Morgan fingerprint density at radius 2 is 1.65 bits per heavy atom. The maximum atomic E-state index is 13.0. The number of nitrogens with one attached hydrogen (secondary N) is 1. The highest BCUT2D eigenvalue weighted by Crippen LogP contribution is 2.17. The van der Waals surface area contributed by atoms with Gasteiger partial charge in [0.25, 0.3) is 0 Å². The first-order valence-corrected chi connectivity index (χ1v) is 8.93. The number of ether oxygens (including phenoxy) is 2. The molecule has 0 spiro atoms. The van der Waals surface area contributed by atoms with Gasteiger partial charge < -0.3 is 24.4 Å². The first-order valence-electron chi connectivity index (χ1n) is 8.93. The number of aliphatic hydroxyl groups is 1. The molecule has 26 heavy (non-hydrogen) atoms. The minimum Gasteiger partial charge on any atom is -0.497 e. The van der Waals surface area contributed by atoms with E-state index in [2.05, 4.69) is 4.90 Å². The van der Waals surface area contributed by atoms with Gasteiger partial charge in [-0.05, 0) is 48.5 Å². The van der Waals surface area contributed by atoms with E-state index in [1.165, 1.54) is 17.0 Å². The zero-order chi connectivity index (χ0) is 18.4. The van der Waals surface area contributed by atoms with Crippen LogP contribution in [-0.2, 0) is 0 Å². The Bertz CT molecular complexity index is 670. The van der Waals surface area contributed by atoms with Gasteiger partial charge in [0.15, 0.2) is 0 Å². The van der Waals surface area contributed by atoms with E-state index in [4.69, 9.17) is 9.47 Å². The molecule has 3 rings (SSSR count). The molecule has 2 aromatic carbocycles. The molecule has 0 aliphatic carbocycles. The van der Waals surface area contributed by atoms with Crippen molar-refractivity contribution in [3.05, 3.63) is 54.3 Å². The van der Waals surface area contributed by atoms with Crippen molar-refractivity contribution >= 4 is 5.69 Å². The number of anilines is 1. The molecule has 1 saturated heterocycles. The van der Waals surface area contributed by atoms with Crippen molar-refractivity contribution in [1.29, 1.82) is 0 Å². The summed E-state index contributed by atoms with van der Waals surface area (Å²) in [7, 11) is 1.62. The van der Waals surface area contributed by atoms with Gasteiger partial charge in [0.2, 0.25) is 0 Å². The summed E-state index contributed by atoms with van der Waals surface area (Å²) in [5.41, 5.74) is 1.05. The fourth-order valence-electron chi connectivity index (χ4n) is 3.19. The maximum Gasteiger partial charge on any atom is 0.137 e. The molecule has 140 valence electrons. The molecule has 5 nitrogen and oxygen atoms in total. The predicted molar refractivity (Wildman–Crippen MR) is 98.7 cm³/mol. The summed E-state index contributed by atoms with van der Waals surface area (Å²) < 4.78 is 23.8. The first-order chi connectivity index (χ1) is 12.6. The average molecular weight is 361 g/mol. The summed E-state index contributed by atoms with van der Waals surface area (Å²) in [4.78, 5) is 3.61. The van der Waals surface area contributed by atoms with Crippen LogP contribution in [0.3, 0.4) is 0 Å². The Balaban J connectivity index is 1.40. The molecule has 1 fully saturated rings. The standard InChI is InChI=1S/C20H25FN2O3/c1-25-19-6-8-20(9-7-19)26-15-18(24)14-22-10-12-23(13-11-22)17-4-2-16(21)3-5-17/h2-9,18,24H,10-15H2,1H3/p+1/t18-/m0/s1. The molecule has 0 saturated carbocycles. The highest BCUT2D eigenvalue weighted by Gasteiger charge is 2.22. The fourth-order valence-corrected chi connectivity index (χ4v) is 3.19. The van der Waals surface area contributed by atoms with E-state index in [0.717, 1.165) is 43.4 Å². The van der Waals surface area contributed by atoms with E-state index < -0.39 is 6.10 Å². The quantitative estimate of drug-likeness (QED) is 0.772. The number of piperazine rings is 1. The molecule has 2 aromatic rings. The third kappa shape index (κ3) is 5.09. The summed E-state index contributed by atoms with van der Waals surface area (Å²) in [6.07, 6.45) is -0.510. The van der Waals surface area contributed by atoms with Crippen LogP contribution in [0.2, 0.25) is 0 Å². The minimum atomic E-state index is -0.510. The number of methoxy groups -OCH3 is 1. The molecular weight excluding hydrogens is 335 g/mol. The third-order valence-electron chi connectivity index (χ3n) is 4.69. The highest BCUT2D eigenvalue weighted by atomic mass is 19.1. The van der Waals surface area contributed by atoms with Gasteiger partial charge in [0, 0.05) is 5.69 Å². The van der Waals surface area contributed by atoms with E-state index in [9.17, 15) is 9.50 Å². The molecule has 0 bridgehead atoms. The van der Waals surface area contributed by atoms with E-state index >= 15 is 0 Å². The van der Waals surface area contributed by atoms with Crippen molar-refractivity contribution < 1.29 is 23.9 Å². The van der Waals surface area contributed by atoms with Crippen LogP contribution in [-0.4, -0.2) is 57.7 Å². The molecule has 0 aromatic heterocycles. The van der Waals surface area contributed by atoms with Crippen LogP contribution < -0.4 is 19.3 Å². The summed E-state index contributed by atoms with van der Waals surface area (Å²) in [6.45, 7) is 4.61. The predicted octanol–water partition coefficient (Wildman–Crippen LogP) is 0.979. The Morgan fingerprint density at radius 1 is 1.04 bits per heavy atom. The van der Waals surface area contributed by atoms with Gasteiger partial charge in [-0.25, -0.2) is 4.39 Å². The van der Waals surface area contributed by atoms with Crippen LogP contribution in [0.4, 0.5) is 10.1 Å². The van der Waals surface area contributed by atoms with Gasteiger partial charge in [0.05, 0.1) is 33.3 Å². The lowest BCUT2D eigenvalue weighted by molar-refractivity contribution is -0.903. The van der Waals surface area contributed by atoms with Crippen LogP contribution in [0.1, 0.15) is 0 Å². The van der Waals surface area contributed by atoms with Crippen LogP contribution in [0.15, 0.2) is 48.5 Å². The van der Waals surface area contributed by atoms with Crippen molar-refractivity contribution in [2.45, 2.75) is 6.10 Å². The van der Waals surface area contributed by atoms with Crippen LogP contribution in [0.25, 0.3) is 0 Å². The summed E-state index contributed by atoms with van der Waals surface area (Å²) >= 11 is 0. The maximum absolute atomic E-state index is 13.0. The number of quaternary nitrogens is 1. The second-order valence-corrected chi connectivity index (χ2v) is 6.56. The second kappa shape index (κ2) is 8.87. The molecule has 1 aliphatic rings. The number of aliphatic hydroxyl groups excluding tert-OH is 1. The van der Waals surface area contributed by atoms with Crippen molar-refractivity contribution in [3.63, 3.8) is 0 Å². The van der Waals surface area contributed by atoms with Crippen molar-refractivity contribution in [2.24, 2.45) is 0 Å². The monoisotopic (exact) mass is 361 g/mol. The number of benzene rings is 2. The van der Waals surface area contributed by atoms with Gasteiger partial charge in [-0.1, -0.05) is 0 Å². The number of rotatable bonds is 7. The summed E-state index contributed by atoms with van der Waals surface area (Å²) in [5.74, 6) is 1.29. The van der Waals surface area contributed by atoms with E-state index in [0.29, 0.717) is 6.54 Å². The Labute approximate surface area is 153 Å². The number of halogens is 1. The van der Waals surface area contributed by atoms with Gasteiger partial charge in [-0.3, -0.25) is 0 Å². The molecule has 2 N–H and O–H groups in total. The van der Waals surface area contributed by atoms with Crippen molar-refractivity contribution in [2.75, 3.05) is 51.3 Å². The van der Waals surface area contributed by atoms with Gasteiger partial charge in [-0.15, -0.1) is 0 Å². The zero-order valence-corrected chi connectivity index (χ0v) is 15.0. The van der Waals surface area contributed by atoms with Crippen LogP contribution in [0, 0.1) is 5.82 Å². The van der Waals surface area contributed by atoms with Crippen molar-refractivity contribution in [3.8, 4) is 11.5 Å². The van der Waals surface area contributed by atoms with E-state index in [1.807, 2.05) is 36.4 Å². The Kier molecular flexibility index (Phi) is 6.30. The zero-order valence-electron chi connectivity index (χ0n) is 15.0. The molecule has 0 unspecified atom stereocenters. The first kappa shape index (κ1) is 18.5. The minimum absolute atomic E-state index is 0.210. The SMILES string of the molecule is COc1ccc(OC[C@@H](O)C[NH+]2CCN(c3ccc(F)cc3)CC2)cc1. The molecule has 1 heterocycles. The van der Waals surface area contributed by atoms with Gasteiger partial charge in [-0.2, -0.15) is 0 Å². The molecule has 0 amide bonds. The highest BCUT2D eigenvalue weighted by molar-refractivity contribution is 5.46. The van der Waals surface area contributed by atoms with E-state index in [1.54, 1.807) is 7.11 Å². The summed E-state index contributed by atoms with van der Waals surface area (Å²) in [5, 5.41) is 10.3. The Hall–Kier alpha value is -2.31. The number of hydrogen-bond acceptors (Lipinski definition) is 4. The van der Waals surface area contributed by atoms with E-state index in [-0.39, 0.29) is 12.4 Å². The van der Waals surface area contributed by atoms with Gasteiger partial charge >= 0.3 is 0 Å². The molecule has 0 radical (unpaired) electrons. The molecular formula is C20H26FN2O3+. The second-order valence-electron chi connectivity index (χ2n) is 6.56. The fraction of sp³-hybridized carbons (Fsp3) is 0.400. The molecule has 1 aliphatic heterocycles. The largest absolute Gasteiger partial charge is 0.497 e. The average Bonchev–Trinajstić information content (AvgIpc) is 2.68. The molecule has 6 heteroatoms.